The van der Waals surface area contributed by atoms with Crippen LogP contribution in [0.4, 0.5) is 27.3 Å². The Balaban J connectivity index is 1.33. The number of aromatic nitrogens is 4. The van der Waals surface area contributed by atoms with Crippen LogP contribution < -0.4 is 25.0 Å². The minimum absolute atomic E-state index is 0.539. The molecule has 4 aromatic rings. The van der Waals surface area contributed by atoms with E-state index in [0.29, 0.717) is 49.9 Å². The van der Waals surface area contributed by atoms with Gasteiger partial charge in [0, 0.05) is 61.7 Å². The molecule has 3 aromatic heterocycles. The fourth-order valence-electron chi connectivity index (χ4n) is 4.56. The van der Waals surface area contributed by atoms with Gasteiger partial charge in [-0.25, -0.2) is 19.3 Å². The smallest absolute Gasteiger partial charge is 0.237 e. The molecular weight excluding hydrogens is 449 g/mol. The second-order valence-corrected chi connectivity index (χ2v) is 8.66. The molecule has 0 bridgehead atoms. The lowest BCUT2D eigenvalue weighted by Gasteiger charge is -2.31. The number of hydrogen-bond acceptors (Lipinski definition) is 8. The Kier molecular flexibility index (Phi) is 5.48. The number of nitrogens with one attached hydrogen (secondary N) is 2. The molecular formula is C25H26FN7O2. The Bertz CT molecular complexity index is 1370. The Morgan fingerprint density at radius 3 is 2.94 bits per heavy atom. The summed E-state index contributed by atoms with van der Waals surface area (Å²) in [7, 11) is 1.65. The van der Waals surface area contributed by atoms with E-state index in [2.05, 4.69) is 25.5 Å². The molecule has 1 aromatic carbocycles. The molecule has 0 atom stereocenters. The third-order valence-corrected chi connectivity index (χ3v) is 6.38. The Morgan fingerprint density at radius 1 is 1.20 bits per heavy atom. The van der Waals surface area contributed by atoms with Gasteiger partial charge in [-0.05, 0) is 31.0 Å². The first kappa shape index (κ1) is 21.5. The van der Waals surface area contributed by atoms with Crippen molar-refractivity contribution in [2.24, 2.45) is 0 Å². The van der Waals surface area contributed by atoms with Crippen molar-refractivity contribution < 1.29 is 13.9 Å². The zero-order valence-electron chi connectivity index (χ0n) is 19.4. The van der Waals surface area contributed by atoms with Gasteiger partial charge in [-0.1, -0.05) is 0 Å². The summed E-state index contributed by atoms with van der Waals surface area (Å²) >= 11 is 0. The van der Waals surface area contributed by atoms with E-state index in [9.17, 15) is 4.39 Å². The van der Waals surface area contributed by atoms with Crippen LogP contribution in [-0.2, 0) is 0 Å². The maximum Gasteiger partial charge on any atom is 0.237 e. The van der Waals surface area contributed by atoms with Gasteiger partial charge in [0.15, 0.2) is 11.5 Å². The van der Waals surface area contributed by atoms with Gasteiger partial charge in [-0.3, -0.25) is 0 Å². The summed E-state index contributed by atoms with van der Waals surface area (Å²) in [5, 5.41) is 6.72. The zero-order valence-corrected chi connectivity index (χ0v) is 19.4. The number of imidazole rings is 1. The zero-order chi connectivity index (χ0) is 23.8. The number of piperidine rings is 1. The number of ether oxygens (including phenoxy) is 2. The normalized spacial score (nSPS) is 15.9. The van der Waals surface area contributed by atoms with Gasteiger partial charge in [-0.15, -0.1) is 0 Å². The van der Waals surface area contributed by atoms with Gasteiger partial charge < -0.3 is 29.4 Å². The number of fused-ring (bicyclic) bond motifs is 2. The van der Waals surface area contributed by atoms with Crippen molar-refractivity contribution in [2.45, 2.75) is 19.0 Å². The van der Waals surface area contributed by atoms with E-state index in [1.54, 1.807) is 19.5 Å². The molecule has 2 N–H and O–H groups in total. The van der Waals surface area contributed by atoms with E-state index in [1.165, 1.54) is 0 Å². The van der Waals surface area contributed by atoms with Gasteiger partial charge in [0.2, 0.25) is 5.88 Å². The molecule has 180 valence electrons. The number of methoxy groups -OCH3 is 1. The first-order valence-electron chi connectivity index (χ1n) is 11.7. The average molecular weight is 476 g/mol. The van der Waals surface area contributed by atoms with Crippen LogP contribution in [0, 0.1) is 0 Å². The van der Waals surface area contributed by atoms with E-state index in [4.69, 9.17) is 14.5 Å². The molecule has 2 aliphatic rings. The van der Waals surface area contributed by atoms with Gasteiger partial charge in [0.25, 0.3) is 0 Å². The van der Waals surface area contributed by atoms with Crippen LogP contribution in [0.1, 0.15) is 12.8 Å². The molecule has 0 aliphatic carbocycles. The van der Waals surface area contributed by atoms with Crippen molar-refractivity contribution in [1.29, 1.82) is 0 Å². The van der Waals surface area contributed by atoms with Crippen molar-refractivity contribution in [2.75, 3.05) is 48.9 Å². The molecule has 0 saturated carbocycles. The van der Waals surface area contributed by atoms with Crippen molar-refractivity contribution in [3.63, 3.8) is 0 Å². The Labute approximate surface area is 201 Å². The van der Waals surface area contributed by atoms with E-state index in [0.717, 1.165) is 40.6 Å². The highest BCUT2D eigenvalue weighted by Gasteiger charge is 2.21. The summed E-state index contributed by atoms with van der Waals surface area (Å²) < 4.78 is 26.8. The van der Waals surface area contributed by atoms with Crippen LogP contribution >= 0.6 is 0 Å². The van der Waals surface area contributed by atoms with Crippen LogP contribution in [0.25, 0.3) is 16.9 Å². The largest absolute Gasteiger partial charge is 0.495 e. The third kappa shape index (κ3) is 4.16. The lowest BCUT2D eigenvalue weighted by molar-refractivity contribution is 0.276. The van der Waals surface area contributed by atoms with E-state index in [-0.39, 0.29) is 0 Å². The number of anilines is 4. The van der Waals surface area contributed by atoms with Gasteiger partial charge in [-0.2, -0.15) is 0 Å². The highest BCUT2D eigenvalue weighted by Crippen LogP contribution is 2.35. The lowest BCUT2D eigenvalue weighted by Crippen LogP contribution is -2.34. The summed E-state index contributed by atoms with van der Waals surface area (Å²) in [6, 6.07) is 7.92. The number of halogens is 1. The van der Waals surface area contributed by atoms with E-state index < -0.39 is 6.17 Å². The number of rotatable bonds is 5. The predicted octanol–water partition coefficient (Wildman–Crippen LogP) is 4.29. The molecule has 0 unspecified atom stereocenters. The molecule has 5 heterocycles. The third-order valence-electron chi connectivity index (χ3n) is 6.38. The van der Waals surface area contributed by atoms with Crippen LogP contribution in [0.3, 0.4) is 0 Å². The first-order valence-corrected chi connectivity index (χ1v) is 11.7. The number of hydrogen-bond donors (Lipinski definition) is 2. The Morgan fingerprint density at radius 2 is 2.09 bits per heavy atom. The van der Waals surface area contributed by atoms with Crippen molar-refractivity contribution >= 4 is 28.5 Å². The van der Waals surface area contributed by atoms with Crippen molar-refractivity contribution in [3.8, 4) is 22.9 Å². The molecule has 35 heavy (non-hydrogen) atoms. The summed E-state index contributed by atoms with van der Waals surface area (Å²) in [6.07, 6.45) is 7.68. The van der Waals surface area contributed by atoms with Crippen molar-refractivity contribution in [3.05, 3.63) is 49.1 Å². The number of alkyl halides is 1. The number of pyridine rings is 1. The monoisotopic (exact) mass is 475 g/mol. The fourth-order valence-corrected chi connectivity index (χ4v) is 4.56. The van der Waals surface area contributed by atoms with Crippen molar-refractivity contribution in [1.82, 2.24) is 19.4 Å². The van der Waals surface area contributed by atoms with Crippen LogP contribution in [-0.4, -0.2) is 58.9 Å². The minimum Gasteiger partial charge on any atom is -0.495 e. The number of nitrogens with zero attached hydrogens (tertiary/aromatic N) is 5. The molecule has 0 amide bonds. The van der Waals surface area contributed by atoms with Crippen LogP contribution in [0.2, 0.25) is 0 Å². The SMILES string of the molecule is COc1cc(Nc2nc(-c3cnc4c(c3)NCCO4)cn3ccnc23)ccc1N1CCC(F)CC1. The molecule has 1 saturated heterocycles. The fraction of sp³-hybridized carbons (Fsp3) is 0.320. The molecule has 2 aliphatic heterocycles. The second-order valence-electron chi connectivity index (χ2n) is 8.66. The first-order chi connectivity index (χ1) is 17.2. The molecule has 0 radical (unpaired) electrons. The van der Waals surface area contributed by atoms with E-state index in [1.807, 2.05) is 41.1 Å². The summed E-state index contributed by atoms with van der Waals surface area (Å²) in [5.41, 5.74) is 4.96. The molecule has 6 rings (SSSR count). The molecule has 9 nitrogen and oxygen atoms in total. The molecule has 1 fully saturated rings. The van der Waals surface area contributed by atoms with Gasteiger partial charge >= 0.3 is 0 Å². The van der Waals surface area contributed by atoms with Gasteiger partial charge in [0.1, 0.15) is 18.5 Å². The predicted molar refractivity (Wildman–Crippen MR) is 133 cm³/mol. The quantitative estimate of drug-likeness (QED) is 0.442. The van der Waals surface area contributed by atoms with Gasteiger partial charge in [0.05, 0.1) is 24.2 Å². The van der Waals surface area contributed by atoms with Crippen LogP contribution in [0.15, 0.2) is 49.1 Å². The maximum atomic E-state index is 13.6. The topological polar surface area (TPSA) is 88.8 Å². The van der Waals surface area contributed by atoms with Crippen LogP contribution in [0.5, 0.6) is 11.6 Å². The second kappa shape index (κ2) is 8.94. The average Bonchev–Trinajstić information content (AvgIpc) is 3.38. The minimum atomic E-state index is -0.720. The standard InChI is InChI=1S/C25H26FN7O2/c1-34-22-13-18(2-3-21(22)32-8-4-17(26)5-9-32)30-23-24-28-6-10-33(24)15-20(31-23)16-12-19-25(29-14-16)35-11-7-27-19/h2-3,6,10,12-15,17,27H,4-5,7-9,11H2,1H3,(H,30,31). The highest BCUT2D eigenvalue weighted by atomic mass is 19.1. The van der Waals surface area contributed by atoms with E-state index >= 15 is 0 Å². The number of benzene rings is 1. The summed E-state index contributed by atoms with van der Waals surface area (Å²) in [5.74, 6) is 1.94. The summed E-state index contributed by atoms with van der Waals surface area (Å²) in [4.78, 5) is 16.0. The molecule has 10 heteroatoms. The molecule has 0 spiro atoms. The summed E-state index contributed by atoms with van der Waals surface area (Å²) in [6.45, 7) is 2.69. The Hall–Kier alpha value is -4.08. The maximum absolute atomic E-state index is 13.6. The highest BCUT2D eigenvalue weighted by molar-refractivity contribution is 5.77. The lowest BCUT2D eigenvalue weighted by atomic mass is 10.1.